The van der Waals surface area contributed by atoms with Crippen molar-refractivity contribution in [2.75, 3.05) is 16.8 Å². The molecule has 0 saturated heterocycles. The Morgan fingerprint density at radius 3 is 2.41 bits per heavy atom. The van der Waals surface area contributed by atoms with Crippen molar-refractivity contribution in [1.29, 1.82) is 0 Å². The van der Waals surface area contributed by atoms with E-state index in [-0.39, 0.29) is 22.7 Å². The first kappa shape index (κ1) is 20.8. The molecule has 2 aromatic heterocycles. The number of benzene rings is 2. The number of hydrogen-bond acceptors (Lipinski definition) is 6. The highest BCUT2D eigenvalue weighted by Gasteiger charge is 2.65. The molecule has 4 aromatic rings. The number of carbonyl (C=O) groups is 2. The third-order valence-corrected chi connectivity index (χ3v) is 8.14. The molecule has 1 atom stereocenters. The zero-order valence-corrected chi connectivity index (χ0v) is 20.2. The van der Waals surface area contributed by atoms with Gasteiger partial charge in [-0.3, -0.25) is 19.3 Å². The number of thiazole rings is 1. The minimum absolute atomic E-state index is 0.0561. The van der Waals surface area contributed by atoms with Crippen LogP contribution in [0.5, 0.6) is 0 Å². The average Bonchev–Trinajstić information content (AvgIpc) is 3.35. The maximum absolute atomic E-state index is 14.1. The second-order valence-corrected chi connectivity index (χ2v) is 10.1. The van der Waals surface area contributed by atoms with E-state index in [2.05, 4.69) is 4.98 Å². The summed E-state index contributed by atoms with van der Waals surface area (Å²) in [6.45, 7) is 7.61. The fourth-order valence-electron chi connectivity index (χ4n) is 5.07. The highest BCUT2D eigenvalue weighted by atomic mass is 32.1. The van der Waals surface area contributed by atoms with Crippen molar-refractivity contribution in [2.24, 2.45) is 0 Å². The zero-order chi connectivity index (χ0) is 24.1. The third-order valence-electron chi connectivity index (χ3n) is 7.08. The topological polar surface area (TPSA) is 83.7 Å². The summed E-state index contributed by atoms with van der Waals surface area (Å²) < 4.78 is 6.12. The van der Waals surface area contributed by atoms with Gasteiger partial charge in [0, 0.05) is 23.2 Å². The van der Waals surface area contributed by atoms with Crippen LogP contribution in [0, 0.1) is 27.7 Å². The van der Waals surface area contributed by atoms with Crippen LogP contribution in [0.1, 0.15) is 43.4 Å². The summed E-state index contributed by atoms with van der Waals surface area (Å²) in [5.74, 6) is -1.04. The third kappa shape index (κ3) is 2.31. The second-order valence-electron chi connectivity index (χ2n) is 8.94. The van der Waals surface area contributed by atoms with Gasteiger partial charge in [0.15, 0.2) is 16.1 Å². The van der Waals surface area contributed by atoms with E-state index in [0.717, 1.165) is 21.7 Å². The van der Waals surface area contributed by atoms with Crippen LogP contribution in [-0.4, -0.2) is 23.8 Å². The van der Waals surface area contributed by atoms with Crippen molar-refractivity contribution in [2.45, 2.75) is 33.2 Å². The summed E-state index contributed by atoms with van der Waals surface area (Å²) in [7, 11) is 1.66. The predicted octanol–water partition coefficient (Wildman–Crippen LogP) is 4.36. The van der Waals surface area contributed by atoms with Gasteiger partial charge in [0.2, 0.25) is 5.76 Å². The standard InChI is InChI=1S/C26H21N3O4S/c1-12-10-16-19(11-13(12)2)33-22-20(21(16)30)26(17-8-6-7-9-18(17)28(5)24(26)32)29(23(22)31)25-27-14(3)15(4)34-25/h6-11H,1-5H3. The molecule has 7 nitrogen and oxygen atoms in total. The van der Waals surface area contributed by atoms with Gasteiger partial charge < -0.3 is 9.32 Å². The van der Waals surface area contributed by atoms with Crippen LogP contribution in [0.4, 0.5) is 10.8 Å². The molecule has 4 heterocycles. The number of aromatic nitrogens is 1. The van der Waals surface area contributed by atoms with Gasteiger partial charge in [0.1, 0.15) is 5.58 Å². The molecular weight excluding hydrogens is 450 g/mol. The van der Waals surface area contributed by atoms with Gasteiger partial charge in [-0.1, -0.05) is 18.2 Å². The number of carbonyl (C=O) groups excluding carboxylic acids is 2. The summed E-state index contributed by atoms with van der Waals surface area (Å²) in [6.07, 6.45) is 0. The van der Waals surface area contributed by atoms with E-state index in [1.165, 1.54) is 21.1 Å². The molecule has 34 heavy (non-hydrogen) atoms. The van der Waals surface area contributed by atoms with Gasteiger partial charge in [-0.15, -0.1) is 11.3 Å². The molecule has 1 unspecified atom stereocenters. The van der Waals surface area contributed by atoms with Gasteiger partial charge in [-0.05, 0) is 57.0 Å². The molecule has 170 valence electrons. The molecule has 2 aliphatic rings. The Morgan fingerprint density at radius 2 is 1.71 bits per heavy atom. The number of para-hydroxylation sites is 1. The number of hydrogen-bond donors (Lipinski definition) is 0. The lowest BCUT2D eigenvalue weighted by atomic mass is 9.84. The number of amides is 2. The Morgan fingerprint density at radius 1 is 1.00 bits per heavy atom. The number of aryl methyl sites for hydroxylation is 4. The highest BCUT2D eigenvalue weighted by molar-refractivity contribution is 7.16. The molecule has 2 amide bonds. The Kier molecular flexibility index (Phi) is 4.06. The van der Waals surface area contributed by atoms with E-state index in [1.54, 1.807) is 25.2 Å². The van der Waals surface area contributed by atoms with Crippen molar-refractivity contribution in [3.63, 3.8) is 0 Å². The Balaban J connectivity index is 1.80. The predicted molar refractivity (Wildman–Crippen MR) is 131 cm³/mol. The number of rotatable bonds is 1. The SMILES string of the molecule is Cc1cc2oc3c(c(=O)c2cc1C)C1(C(=O)N(C)c2ccccc21)N(c1nc(C)c(C)s1)C3=O. The summed E-state index contributed by atoms with van der Waals surface area (Å²) in [5.41, 5.74) is 2.18. The summed E-state index contributed by atoms with van der Waals surface area (Å²) in [6, 6.07) is 10.8. The Labute approximate surface area is 199 Å². The van der Waals surface area contributed by atoms with E-state index >= 15 is 0 Å². The van der Waals surface area contributed by atoms with Gasteiger partial charge in [0.05, 0.1) is 16.6 Å². The lowest BCUT2D eigenvalue weighted by Crippen LogP contribution is -2.53. The lowest BCUT2D eigenvalue weighted by molar-refractivity contribution is -0.121. The molecule has 8 heteroatoms. The first-order valence-corrected chi connectivity index (χ1v) is 11.7. The molecule has 1 spiro atoms. The molecule has 2 aliphatic heterocycles. The fourth-order valence-corrected chi connectivity index (χ4v) is 6.03. The minimum Gasteiger partial charge on any atom is -0.450 e. The Hall–Kier alpha value is -3.78. The second kappa shape index (κ2) is 6.64. The largest absolute Gasteiger partial charge is 0.450 e. The smallest absolute Gasteiger partial charge is 0.297 e. The van der Waals surface area contributed by atoms with Crippen molar-refractivity contribution < 1.29 is 14.0 Å². The molecular formula is C26H21N3O4S. The van der Waals surface area contributed by atoms with Crippen LogP contribution in [-0.2, 0) is 10.3 Å². The molecule has 0 aliphatic carbocycles. The highest BCUT2D eigenvalue weighted by Crippen LogP contribution is 2.54. The van der Waals surface area contributed by atoms with E-state index in [1.807, 2.05) is 45.9 Å². The maximum Gasteiger partial charge on any atom is 0.297 e. The van der Waals surface area contributed by atoms with Crippen LogP contribution in [0.2, 0.25) is 0 Å². The van der Waals surface area contributed by atoms with Crippen molar-refractivity contribution in [3.8, 4) is 0 Å². The number of anilines is 2. The molecule has 0 N–H and O–H groups in total. The zero-order valence-electron chi connectivity index (χ0n) is 19.3. The van der Waals surface area contributed by atoms with E-state index in [4.69, 9.17) is 4.42 Å². The van der Waals surface area contributed by atoms with Crippen LogP contribution < -0.4 is 15.2 Å². The van der Waals surface area contributed by atoms with Gasteiger partial charge in [-0.25, -0.2) is 4.98 Å². The Bertz CT molecular complexity index is 1630. The van der Waals surface area contributed by atoms with Crippen LogP contribution >= 0.6 is 11.3 Å². The first-order valence-electron chi connectivity index (χ1n) is 10.9. The van der Waals surface area contributed by atoms with E-state index < -0.39 is 11.4 Å². The van der Waals surface area contributed by atoms with Crippen molar-refractivity contribution in [1.82, 2.24) is 4.98 Å². The van der Waals surface area contributed by atoms with Gasteiger partial charge >= 0.3 is 0 Å². The maximum atomic E-state index is 14.1. The first-order chi connectivity index (χ1) is 16.2. The van der Waals surface area contributed by atoms with Crippen molar-refractivity contribution in [3.05, 3.63) is 85.2 Å². The normalized spacial score (nSPS) is 19.0. The molecule has 6 rings (SSSR count). The van der Waals surface area contributed by atoms with Crippen LogP contribution in [0.25, 0.3) is 11.0 Å². The molecule has 0 fully saturated rings. The van der Waals surface area contributed by atoms with Crippen molar-refractivity contribution >= 4 is 44.9 Å². The molecule has 0 saturated carbocycles. The summed E-state index contributed by atoms with van der Waals surface area (Å²) in [5, 5.41) is 0.711. The summed E-state index contributed by atoms with van der Waals surface area (Å²) in [4.78, 5) is 50.6. The number of likely N-dealkylation sites (N-methyl/N-ethyl adjacent to an activating group) is 1. The quantitative estimate of drug-likeness (QED) is 0.412. The van der Waals surface area contributed by atoms with Crippen LogP contribution in [0.3, 0.4) is 0 Å². The fraction of sp³-hybridized carbons (Fsp3) is 0.231. The monoisotopic (exact) mass is 471 g/mol. The van der Waals surface area contributed by atoms with Gasteiger partial charge in [-0.2, -0.15) is 0 Å². The molecule has 2 aromatic carbocycles. The van der Waals surface area contributed by atoms with Crippen LogP contribution in [0.15, 0.2) is 45.6 Å². The van der Waals surface area contributed by atoms with E-state index in [9.17, 15) is 14.4 Å². The number of fused-ring (bicyclic) bond motifs is 5. The average molecular weight is 472 g/mol. The van der Waals surface area contributed by atoms with Gasteiger partial charge in [0.25, 0.3) is 11.8 Å². The molecule has 0 radical (unpaired) electrons. The number of nitrogens with zero attached hydrogens (tertiary/aromatic N) is 3. The lowest BCUT2D eigenvalue weighted by Gasteiger charge is -2.32. The minimum atomic E-state index is -1.68. The summed E-state index contributed by atoms with van der Waals surface area (Å²) >= 11 is 1.32. The molecule has 0 bridgehead atoms. The van der Waals surface area contributed by atoms with E-state index in [0.29, 0.717) is 27.4 Å².